The molecular weight excluding hydrogens is 264 g/mol. The van der Waals surface area contributed by atoms with Crippen LogP contribution in [0.1, 0.15) is 23.1 Å². The first kappa shape index (κ1) is 15.1. The van der Waals surface area contributed by atoms with Crippen molar-refractivity contribution in [1.82, 2.24) is 0 Å². The van der Waals surface area contributed by atoms with Gasteiger partial charge >= 0.3 is 5.97 Å². The monoisotopic (exact) mass is 284 g/mol. The molecule has 0 amide bonds. The van der Waals surface area contributed by atoms with Gasteiger partial charge in [-0.25, -0.2) is 0 Å². The zero-order valence-electron chi connectivity index (χ0n) is 12.7. The van der Waals surface area contributed by atoms with Gasteiger partial charge in [-0.1, -0.05) is 18.2 Å². The van der Waals surface area contributed by atoms with Gasteiger partial charge in [-0.2, -0.15) is 0 Å². The van der Waals surface area contributed by atoms with Crippen molar-refractivity contribution in [3.63, 3.8) is 0 Å². The summed E-state index contributed by atoms with van der Waals surface area (Å²) in [7, 11) is 1.64. The molecule has 0 fully saturated rings. The van der Waals surface area contributed by atoms with E-state index in [1.807, 2.05) is 50.2 Å². The summed E-state index contributed by atoms with van der Waals surface area (Å²) in [6.45, 7) is 3.98. The lowest BCUT2D eigenvalue weighted by Crippen LogP contribution is -2.09. The van der Waals surface area contributed by atoms with Crippen LogP contribution in [0.15, 0.2) is 42.5 Å². The van der Waals surface area contributed by atoms with E-state index in [1.54, 1.807) is 7.11 Å². The molecule has 0 aromatic heterocycles. The predicted octanol–water partition coefficient (Wildman–Crippen LogP) is 3.85. The summed E-state index contributed by atoms with van der Waals surface area (Å²) in [6.07, 6.45) is 1.02. The van der Waals surface area contributed by atoms with Crippen molar-refractivity contribution < 1.29 is 14.3 Å². The fourth-order valence-corrected chi connectivity index (χ4v) is 2.21. The number of methoxy groups -OCH3 is 1. The topological polar surface area (TPSA) is 35.5 Å². The molecule has 2 rings (SSSR count). The van der Waals surface area contributed by atoms with E-state index in [1.165, 1.54) is 0 Å². The number of rotatable bonds is 5. The molecule has 110 valence electrons. The minimum absolute atomic E-state index is 0.212. The third-order valence-electron chi connectivity index (χ3n) is 3.20. The molecule has 0 spiro atoms. The lowest BCUT2D eigenvalue weighted by atomic mass is 10.1. The maximum atomic E-state index is 11.9. The second-order valence-electron chi connectivity index (χ2n) is 5.15. The Bertz CT molecular complexity index is 595. The first-order valence-electron chi connectivity index (χ1n) is 6.99. The number of esters is 1. The second kappa shape index (κ2) is 6.93. The van der Waals surface area contributed by atoms with Crippen molar-refractivity contribution in [2.45, 2.75) is 26.7 Å². The molecule has 3 nitrogen and oxygen atoms in total. The average molecular weight is 284 g/mol. The van der Waals surface area contributed by atoms with Crippen molar-refractivity contribution >= 4 is 5.97 Å². The number of benzene rings is 2. The van der Waals surface area contributed by atoms with Gasteiger partial charge in [0.05, 0.1) is 7.11 Å². The van der Waals surface area contributed by atoms with Gasteiger partial charge in [0.25, 0.3) is 0 Å². The Morgan fingerprint density at radius 1 is 0.952 bits per heavy atom. The van der Waals surface area contributed by atoms with Crippen LogP contribution in [0, 0.1) is 13.8 Å². The fourth-order valence-electron chi connectivity index (χ4n) is 2.21. The van der Waals surface area contributed by atoms with Gasteiger partial charge in [-0.15, -0.1) is 0 Å². The van der Waals surface area contributed by atoms with Crippen molar-refractivity contribution in [2.75, 3.05) is 7.11 Å². The summed E-state index contributed by atoms with van der Waals surface area (Å²) >= 11 is 0. The van der Waals surface area contributed by atoms with Crippen molar-refractivity contribution in [1.29, 1.82) is 0 Å². The first-order valence-corrected chi connectivity index (χ1v) is 6.99. The van der Waals surface area contributed by atoms with Crippen LogP contribution in [-0.4, -0.2) is 13.1 Å². The normalized spacial score (nSPS) is 10.2. The molecule has 0 atom stereocenters. The summed E-state index contributed by atoms with van der Waals surface area (Å²) in [5, 5.41) is 0. The van der Waals surface area contributed by atoms with Crippen LogP contribution in [0.5, 0.6) is 11.5 Å². The minimum atomic E-state index is -0.212. The molecule has 0 heterocycles. The van der Waals surface area contributed by atoms with E-state index in [4.69, 9.17) is 9.47 Å². The number of aryl methyl sites for hydroxylation is 3. The predicted molar refractivity (Wildman–Crippen MR) is 82.9 cm³/mol. The zero-order chi connectivity index (χ0) is 15.2. The van der Waals surface area contributed by atoms with Crippen molar-refractivity contribution in [3.05, 3.63) is 59.2 Å². The SMILES string of the molecule is COc1ccc(CCC(=O)Oc2cc(C)cc(C)c2)cc1. The van der Waals surface area contributed by atoms with Gasteiger partial charge in [-0.3, -0.25) is 4.79 Å². The molecule has 0 radical (unpaired) electrons. The largest absolute Gasteiger partial charge is 0.497 e. The van der Waals surface area contributed by atoms with Crippen LogP contribution >= 0.6 is 0 Å². The van der Waals surface area contributed by atoms with E-state index in [-0.39, 0.29) is 5.97 Å². The van der Waals surface area contributed by atoms with Crippen LogP contribution < -0.4 is 9.47 Å². The third-order valence-corrected chi connectivity index (χ3v) is 3.20. The molecule has 0 N–H and O–H groups in total. The molecule has 0 bridgehead atoms. The van der Waals surface area contributed by atoms with E-state index in [9.17, 15) is 4.79 Å². The molecule has 0 aliphatic carbocycles. The lowest BCUT2D eigenvalue weighted by molar-refractivity contribution is -0.134. The van der Waals surface area contributed by atoms with Crippen molar-refractivity contribution in [3.8, 4) is 11.5 Å². The summed E-state index contributed by atoms with van der Waals surface area (Å²) in [6, 6.07) is 13.5. The smallest absolute Gasteiger partial charge is 0.311 e. The molecule has 0 saturated heterocycles. The molecule has 0 aliphatic rings. The van der Waals surface area contributed by atoms with Crippen LogP contribution in [0.2, 0.25) is 0 Å². The summed E-state index contributed by atoms with van der Waals surface area (Å²) < 4.78 is 10.5. The number of hydrogen-bond donors (Lipinski definition) is 0. The highest BCUT2D eigenvalue weighted by molar-refractivity contribution is 5.72. The molecule has 2 aromatic rings. The number of hydrogen-bond acceptors (Lipinski definition) is 3. The Labute approximate surface area is 125 Å². The van der Waals surface area contributed by atoms with E-state index in [0.717, 1.165) is 22.4 Å². The third kappa shape index (κ3) is 4.63. The highest BCUT2D eigenvalue weighted by Gasteiger charge is 2.06. The van der Waals surface area contributed by atoms with Gasteiger partial charge in [0.15, 0.2) is 0 Å². The Morgan fingerprint density at radius 3 is 2.14 bits per heavy atom. The standard InChI is InChI=1S/C18H20O3/c1-13-10-14(2)12-17(11-13)21-18(19)9-6-15-4-7-16(20-3)8-5-15/h4-5,7-8,10-12H,6,9H2,1-3H3. The average Bonchev–Trinajstić information content (AvgIpc) is 2.44. The van der Waals surface area contributed by atoms with Gasteiger partial charge in [0.2, 0.25) is 0 Å². The molecular formula is C18H20O3. The number of carbonyl (C=O) groups excluding carboxylic acids is 1. The Kier molecular flexibility index (Phi) is 4.99. The molecule has 0 saturated carbocycles. The van der Waals surface area contributed by atoms with E-state index in [2.05, 4.69) is 6.07 Å². The molecule has 0 unspecified atom stereocenters. The van der Waals surface area contributed by atoms with Crippen LogP contribution in [0.25, 0.3) is 0 Å². The Hall–Kier alpha value is -2.29. The molecule has 3 heteroatoms. The van der Waals surface area contributed by atoms with E-state index >= 15 is 0 Å². The Balaban J connectivity index is 1.89. The summed E-state index contributed by atoms with van der Waals surface area (Å²) in [5.74, 6) is 1.22. The highest BCUT2D eigenvalue weighted by Crippen LogP contribution is 2.17. The quantitative estimate of drug-likeness (QED) is 0.618. The molecule has 2 aromatic carbocycles. The second-order valence-corrected chi connectivity index (χ2v) is 5.15. The van der Waals surface area contributed by atoms with Crippen LogP contribution in [0.3, 0.4) is 0 Å². The van der Waals surface area contributed by atoms with Gasteiger partial charge in [0.1, 0.15) is 11.5 Å². The summed E-state index contributed by atoms with van der Waals surface area (Å²) in [5.41, 5.74) is 3.27. The zero-order valence-corrected chi connectivity index (χ0v) is 12.7. The maximum absolute atomic E-state index is 11.9. The lowest BCUT2D eigenvalue weighted by Gasteiger charge is -2.07. The van der Waals surface area contributed by atoms with E-state index < -0.39 is 0 Å². The van der Waals surface area contributed by atoms with Crippen LogP contribution in [0.4, 0.5) is 0 Å². The van der Waals surface area contributed by atoms with Gasteiger partial charge in [0, 0.05) is 6.42 Å². The van der Waals surface area contributed by atoms with Crippen molar-refractivity contribution in [2.24, 2.45) is 0 Å². The van der Waals surface area contributed by atoms with Gasteiger partial charge < -0.3 is 9.47 Å². The first-order chi connectivity index (χ1) is 10.1. The summed E-state index contributed by atoms with van der Waals surface area (Å²) in [4.78, 5) is 11.9. The molecule has 21 heavy (non-hydrogen) atoms. The maximum Gasteiger partial charge on any atom is 0.311 e. The van der Waals surface area contributed by atoms with E-state index in [0.29, 0.717) is 18.6 Å². The number of ether oxygens (including phenoxy) is 2. The van der Waals surface area contributed by atoms with Gasteiger partial charge in [-0.05, 0) is 61.2 Å². The fraction of sp³-hybridized carbons (Fsp3) is 0.278. The highest BCUT2D eigenvalue weighted by atomic mass is 16.5. The number of carbonyl (C=O) groups is 1. The van der Waals surface area contributed by atoms with Crippen LogP contribution in [-0.2, 0) is 11.2 Å². The Morgan fingerprint density at radius 2 is 1.57 bits per heavy atom. The minimum Gasteiger partial charge on any atom is -0.497 e. The molecule has 0 aliphatic heterocycles.